The second-order valence-corrected chi connectivity index (χ2v) is 7.34. The third kappa shape index (κ3) is 3.10. The van der Waals surface area contributed by atoms with Crippen LogP contribution in [0.25, 0.3) is 0 Å². The monoisotopic (exact) mass is 344 g/mol. The number of sulfonamides is 1. The van der Waals surface area contributed by atoms with Crippen LogP contribution in [0.3, 0.4) is 0 Å². The number of nitrogens with two attached hydrogens (primary N) is 1. The van der Waals surface area contributed by atoms with Gasteiger partial charge in [-0.25, -0.2) is 8.42 Å². The highest BCUT2D eigenvalue weighted by atomic mass is 35.5. The summed E-state index contributed by atoms with van der Waals surface area (Å²) < 4.78 is 26.5. The van der Waals surface area contributed by atoms with Crippen LogP contribution < -0.4 is 10.0 Å². The molecule has 0 aliphatic rings. The van der Waals surface area contributed by atoms with Crippen molar-refractivity contribution >= 4 is 44.6 Å². The molecule has 0 fully saturated rings. The number of nitrogen functional groups attached to an aromatic ring is 1. The fourth-order valence-electron chi connectivity index (χ4n) is 1.86. The Labute approximate surface area is 134 Å². The smallest absolute Gasteiger partial charge is 0.267 e. The molecule has 2 aromatic carbocycles. The average molecular weight is 345 g/mol. The van der Waals surface area contributed by atoms with Gasteiger partial charge in [0.1, 0.15) is 4.90 Å². The SMILES string of the molecule is Cc1ccc(N(C)S(=O)(=O)c2c(Cl)cc(N)cc2Cl)cc1. The normalized spacial score (nSPS) is 11.4. The van der Waals surface area contributed by atoms with E-state index in [0.717, 1.165) is 9.87 Å². The highest BCUT2D eigenvalue weighted by Crippen LogP contribution is 2.35. The van der Waals surface area contributed by atoms with E-state index in [2.05, 4.69) is 0 Å². The van der Waals surface area contributed by atoms with E-state index in [1.807, 2.05) is 19.1 Å². The minimum atomic E-state index is -3.87. The van der Waals surface area contributed by atoms with E-state index >= 15 is 0 Å². The minimum Gasteiger partial charge on any atom is -0.399 e. The minimum absolute atomic E-state index is 0.000961. The summed E-state index contributed by atoms with van der Waals surface area (Å²) in [6.07, 6.45) is 0. The summed E-state index contributed by atoms with van der Waals surface area (Å²) in [5, 5.41) is -0.00192. The van der Waals surface area contributed by atoms with Gasteiger partial charge in [-0.2, -0.15) is 0 Å². The zero-order chi connectivity index (χ0) is 15.8. The molecule has 2 aromatic rings. The topological polar surface area (TPSA) is 63.4 Å². The van der Waals surface area contributed by atoms with Gasteiger partial charge in [-0.05, 0) is 31.2 Å². The van der Waals surface area contributed by atoms with Crippen molar-refractivity contribution < 1.29 is 8.42 Å². The molecular formula is C14H14Cl2N2O2S. The average Bonchev–Trinajstić information content (AvgIpc) is 2.37. The van der Waals surface area contributed by atoms with Crippen molar-refractivity contribution in [2.24, 2.45) is 0 Å². The summed E-state index contributed by atoms with van der Waals surface area (Å²) in [5.74, 6) is 0. The third-order valence-electron chi connectivity index (χ3n) is 3.04. The second kappa shape index (κ2) is 5.75. The number of hydrogen-bond acceptors (Lipinski definition) is 3. The molecule has 2 N–H and O–H groups in total. The van der Waals surface area contributed by atoms with Crippen LogP contribution in [-0.2, 0) is 10.0 Å². The lowest BCUT2D eigenvalue weighted by Gasteiger charge is -2.21. The first-order valence-corrected chi connectivity index (χ1v) is 8.23. The van der Waals surface area contributed by atoms with E-state index in [-0.39, 0.29) is 14.9 Å². The van der Waals surface area contributed by atoms with Crippen LogP contribution >= 0.6 is 23.2 Å². The molecule has 0 aliphatic carbocycles. The Balaban J connectivity index is 2.54. The summed E-state index contributed by atoms with van der Waals surface area (Å²) in [4.78, 5) is -0.150. The van der Waals surface area contributed by atoms with Gasteiger partial charge in [-0.15, -0.1) is 0 Å². The lowest BCUT2D eigenvalue weighted by Crippen LogP contribution is -2.27. The van der Waals surface area contributed by atoms with Crippen molar-refractivity contribution in [1.29, 1.82) is 0 Å². The molecule has 0 spiro atoms. The maximum atomic E-state index is 12.7. The van der Waals surface area contributed by atoms with Crippen molar-refractivity contribution in [3.63, 3.8) is 0 Å². The van der Waals surface area contributed by atoms with Crippen molar-refractivity contribution in [3.8, 4) is 0 Å². The van der Waals surface area contributed by atoms with Gasteiger partial charge in [-0.3, -0.25) is 4.31 Å². The van der Waals surface area contributed by atoms with E-state index in [4.69, 9.17) is 28.9 Å². The van der Waals surface area contributed by atoms with Crippen molar-refractivity contribution in [1.82, 2.24) is 0 Å². The largest absolute Gasteiger partial charge is 0.399 e. The molecule has 0 unspecified atom stereocenters. The zero-order valence-corrected chi connectivity index (χ0v) is 13.8. The summed E-state index contributed by atoms with van der Waals surface area (Å²) in [7, 11) is -2.42. The molecule has 4 nitrogen and oxygen atoms in total. The van der Waals surface area contributed by atoms with Crippen molar-refractivity contribution in [2.45, 2.75) is 11.8 Å². The molecule has 0 radical (unpaired) electrons. The van der Waals surface area contributed by atoms with Gasteiger partial charge in [0.25, 0.3) is 10.0 Å². The number of nitrogens with zero attached hydrogens (tertiary/aromatic N) is 1. The molecule has 0 bridgehead atoms. The van der Waals surface area contributed by atoms with Crippen LogP contribution in [0.2, 0.25) is 10.0 Å². The van der Waals surface area contributed by atoms with Crippen LogP contribution in [-0.4, -0.2) is 15.5 Å². The number of hydrogen-bond donors (Lipinski definition) is 1. The first kappa shape index (κ1) is 15.9. The molecule has 21 heavy (non-hydrogen) atoms. The fourth-order valence-corrected chi connectivity index (χ4v) is 4.23. The Morgan fingerprint density at radius 2 is 1.52 bits per heavy atom. The maximum absolute atomic E-state index is 12.7. The van der Waals surface area contributed by atoms with Crippen LogP contribution in [0, 0.1) is 6.92 Å². The van der Waals surface area contributed by atoms with Crippen LogP contribution in [0.4, 0.5) is 11.4 Å². The second-order valence-electron chi connectivity index (χ2n) is 4.62. The van der Waals surface area contributed by atoms with E-state index < -0.39 is 10.0 Å². The Bertz CT molecular complexity index is 751. The van der Waals surface area contributed by atoms with Crippen molar-refractivity contribution in [3.05, 3.63) is 52.0 Å². The zero-order valence-electron chi connectivity index (χ0n) is 11.5. The lowest BCUT2D eigenvalue weighted by atomic mass is 10.2. The maximum Gasteiger partial charge on any atom is 0.267 e. The first-order chi connectivity index (χ1) is 9.73. The molecule has 7 heteroatoms. The molecule has 0 aliphatic heterocycles. The summed E-state index contributed by atoms with van der Waals surface area (Å²) >= 11 is 12.0. The Morgan fingerprint density at radius 1 is 1.05 bits per heavy atom. The molecule has 0 saturated carbocycles. The van der Waals surface area contributed by atoms with E-state index in [1.54, 1.807) is 12.1 Å². The van der Waals surface area contributed by atoms with Gasteiger partial charge < -0.3 is 5.73 Å². The van der Waals surface area contributed by atoms with Crippen LogP contribution in [0.15, 0.2) is 41.3 Å². The first-order valence-electron chi connectivity index (χ1n) is 6.03. The lowest BCUT2D eigenvalue weighted by molar-refractivity contribution is 0.594. The predicted octanol–water partition coefficient (Wildman–Crippen LogP) is 3.71. The molecule has 0 heterocycles. The van der Waals surface area contributed by atoms with Gasteiger partial charge in [0.15, 0.2) is 0 Å². The van der Waals surface area contributed by atoms with Crippen LogP contribution in [0.5, 0.6) is 0 Å². The molecular weight excluding hydrogens is 331 g/mol. The summed E-state index contributed by atoms with van der Waals surface area (Å²) in [5.41, 5.74) is 7.46. The molecule has 0 aromatic heterocycles. The standard InChI is InChI=1S/C14H14Cl2N2O2S/c1-9-3-5-11(6-4-9)18(2)21(19,20)14-12(15)7-10(17)8-13(14)16/h3-8H,17H2,1-2H3. The molecule has 2 rings (SSSR count). The molecule has 112 valence electrons. The van der Waals surface area contributed by atoms with Crippen molar-refractivity contribution in [2.75, 3.05) is 17.1 Å². The number of rotatable bonds is 3. The predicted molar refractivity (Wildman–Crippen MR) is 87.6 cm³/mol. The number of aryl methyl sites for hydroxylation is 1. The van der Waals surface area contributed by atoms with E-state index in [0.29, 0.717) is 11.4 Å². The highest BCUT2D eigenvalue weighted by Gasteiger charge is 2.27. The number of anilines is 2. The fraction of sp³-hybridized carbons (Fsp3) is 0.143. The van der Waals surface area contributed by atoms with Gasteiger partial charge in [-0.1, -0.05) is 40.9 Å². The van der Waals surface area contributed by atoms with Crippen LogP contribution in [0.1, 0.15) is 5.56 Å². The summed E-state index contributed by atoms with van der Waals surface area (Å²) in [6.45, 7) is 1.92. The highest BCUT2D eigenvalue weighted by molar-refractivity contribution is 7.93. The number of benzene rings is 2. The Hall–Kier alpha value is -1.43. The Kier molecular flexibility index (Phi) is 4.37. The summed E-state index contributed by atoms with van der Waals surface area (Å²) in [6, 6.07) is 9.81. The quantitative estimate of drug-likeness (QED) is 0.863. The van der Waals surface area contributed by atoms with Gasteiger partial charge >= 0.3 is 0 Å². The molecule has 0 atom stereocenters. The molecule has 0 saturated heterocycles. The third-order valence-corrected chi connectivity index (χ3v) is 5.74. The van der Waals surface area contributed by atoms with Gasteiger partial charge in [0.2, 0.25) is 0 Å². The van der Waals surface area contributed by atoms with E-state index in [9.17, 15) is 8.42 Å². The number of halogens is 2. The van der Waals surface area contributed by atoms with E-state index in [1.165, 1.54) is 19.2 Å². The van der Waals surface area contributed by atoms with Gasteiger partial charge in [0, 0.05) is 12.7 Å². The molecule has 0 amide bonds. The van der Waals surface area contributed by atoms with Gasteiger partial charge in [0.05, 0.1) is 15.7 Å². The Morgan fingerprint density at radius 3 is 2.00 bits per heavy atom.